The van der Waals surface area contributed by atoms with Crippen LogP contribution in [-0.2, 0) is 0 Å². The lowest BCUT2D eigenvalue weighted by Crippen LogP contribution is -2.04. The molecule has 2 nitrogen and oxygen atoms in total. The Morgan fingerprint density at radius 3 is 2.44 bits per heavy atom. The van der Waals surface area contributed by atoms with Gasteiger partial charge in [-0.05, 0) is 73.3 Å². The van der Waals surface area contributed by atoms with Gasteiger partial charge in [0.25, 0.3) is 0 Å². The third kappa shape index (κ3) is 4.42. The molecule has 3 rings (SSSR count). The lowest BCUT2D eigenvalue weighted by Gasteiger charge is -2.22. The van der Waals surface area contributed by atoms with Crippen LogP contribution in [0.2, 0.25) is 0 Å². The van der Waals surface area contributed by atoms with Gasteiger partial charge in [0.15, 0.2) is 0 Å². The highest BCUT2D eigenvalue weighted by molar-refractivity contribution is 5.67. The highest BCUT2D eigenvalue weighted by Gasteiger charge is 2.15. The Hall–Kier alpha value is -2.27. The van der Waals surface area contributed by atoms with Gasteiger partial charge in [0.1, 0.15) is 11.8 Å². The number of rotatable bonds is 6. The lowest BCUT2D eigenvalue weighted by molar-refractivity contribution is 0.308. The van der Waals surface area contributed by atoms with Gasteiger partial charge in [0.05, 0.1) is 12.2 Å². The molecule has 1 aliphatic carbocycles. The summed E-state index contributed by atoms with van der Waals surface area (Å²) in [6.45, 7) is 2.80. The van der Waals surface area contributed by atoms with Crippen LogP contribution in [0.4, 0.5) is 0 Å². The van der Waals surface area contributed by atoms with E-state index in [1.165, 1.54) is 31.2 Å². The molecule has 2 aromatic rings. The van der Waals surface area contributed by atoms with Crippen LogP contribution in [0.5, 0.6) is 5.75 Å². The fourth-order valence-corrected chi connectivity index (χ4v) is 3.46. The first-order chi connectivity index (χ1) is 12.3. The van der Waals surface area contributed by atoms with Gasteiger partial charge in [-0.1, -0.05) is 43.7 Å². The normalized spacial score (nSPS) is 14.9. The largest absolute Gasteiger partial charge is 0.492 e. The summed E-state index contributed by atoms with van der Waals surface area (Å²) >= 11 is 0. The Bertz CT molecular complexity index is 721. The summed E-state index contributed by atoms with van der Waals surface area (Å²) in [5.41, 5.74) is 4.28. The van der Waals surface area contributed by atoms with Crippen molar-refractivity contribution in [2.24, 2.45) is 0 Å². The topological polar surface area (TPSA) is 33.0 Å². The first-order valence-corrected chi connectivity index (χ1v) is 9.40. The van der Waals surface area contributed by atoms with Crippen molar-refractivity contribution < 1.29 is 4.74 Å². The standard InChI is InChI=1S/C23H26NO/c1-2-3-15-25-23-14-13-21(16-22(23)17-24)20-11-9-19(10-12-20)18-7-5-4-6-8-18/h4,9-14,16,18H,2-3,5-8,15H2,1H3. The van der Waals surface area contributed by atoms with Crippen molar-refractivity contribution in [3.63, 3.8) is 0 Å². The second-order valence-electron chi connectivity index (χ2n) is 6.79. The van der Waals surface area contributed by atoms with Crippen molar-refractivity contribution in [1.82, 2.24) is 0 Å². The Morgan fingerprint density at radius 1 is 1.04 bits per heavy atom. The van der Waals surface area contributed by atoms with E-state index in [2.05, 4.69) is 43.7 Å². The van der Waals surface area contributed by atoms with Gasteiger partial charge in [-0.3, -0.25) is 0 Å². The smallest absolute Gasteiger partial charge is 0.137 e. The van der Waals surface area contributed by atoms with E-state index in [1.807, 2.05) is 18.2 Å². The van der Waals surface area contributed by atoms with Crippen LogP contribution in [-0.4, -0.2) is 6.61 Å². The van der Waals surface area contributed by atoms with Gasteiger partial charge in [-0.25, -0.2) is 0 Å². The van der Waals surface area contributed by atoms with E-state index in [-0.39, 0.29) is 0 Å². The van der Waals surface area contributed by atoms with Crippen LogP contribution in [0.3, 0.4) is 0 Å². The zero-order valence-electron chi connectivity index (χ0n) is 15.0. The average molecular weight is 332 g/mol. The monoisotopic (exact) mass is 332 g/mol. The number of hydrogen-bond donors (Lipinski definition) is 0. The molecular formula is C23H26NO. The summed E-state index contributed by atoms with van der Waals surface area (Å²) in [5.74, 6) is 1.39. The molecule has 0 heterocycles. The molecule has 0 unspecified atom stereocenters. The lowest BCUT2D eigenvalue weighted by atomic mass is 9.83. The Labute approximate surface area is 151 Å². The first kappa shape index (κ1) is 17.5. The number of benzene rings is 2. The fraction of sp³-hybridized carbons (Fsp3) is 0.391. The highest BCUT2D eigenvalue weighted by atomic mass is 16.5. The predicted molar refractivity (Wildman–Crippen MR) is 103 cm³/mol. The molecule has 0 N–H and O–H groups in total. The number of nitrogens with zero attached hydrogens (tertiary/aromatic N) is 1. The molecule has 0 atom stereocenters. The van der Waals surface area contributed by atoms with Crippen molar-refractivity contribution in [3.05, 3.63) is 60.0 Å². The molecule has 25 heavy (non-hydrogen) atoms. The van der Waals surface area contributed by atoms with Crippen LogP contribution in [0.15, 0.2) is 42.5 Å². The summed E-state index contributed by atoms with van der Waals surface area (Å²) in [5, 5.41) is 9.43. The zero-order chi connectivity index (χ0) is 17.5. The van der Waals surface area contributed by atoms with Crippen LogP contribution in [0.1, 0.15) is 62.5 Å². The summed E-state index contributed by atoms with van der Waals surface area (Å²) in [6.07, 6.45) is 9.50. The average Bonchev–Trinajstić information content (AvgIpc) is 2.69. The van der Waals surface area contributed by atoms with Gasteiger partial charge < -0.3 is 4.74 Å². The minimum atomic E-state index is 0.612. The summed E-state index contributed by atoms with van der Waals surface area (Å²) in [6, 6.07) is 17.0. The second-order valence-corrected chi connectivity index (χ2v) is 6.79. The van der Waals surface area contributed by atoms with Gasteiger partial charge in [0, 0.05) is 0 Å². The van der Waals surface area contributed by atoms with Gasteiger partial charge in [-0.2, -0.15) is 5.26 Å². The van der Waals surface area contributed by atoms with E-state index in [0.29, 0.717) is 23.8 Å². The Balaban J connectivity index is 1.75. The SMILES string of the molecule is CCCCOc1ccc(-c2ccc(C3CC[CH]CC3)cc2)cc1C#N. The molecule has 1 fully saturated rings. The molecule has 2 aromatic carbocycles. The summed E-state index contributed by atoms with van der Waals surface area (Å²) in [7, 11) is 0. The van der Waals surface area contributed by atoms with E-state index in [0.717, 1.165) is 24.0 Å². The molecule has 129 valence electrons. The van der Waals surface area contributed by atoms with E-state index in [4.69, 9.17) is 4.74 Å². The summed E-state index contributed by atoms with van der Waals surface area (Å²) < 4.78 is 5.73. The van der Waals surface area contributed by atoms with Gasteiger partial charge in [0.2, 0.25) is 0 Å². The molecule has 0 aliphatic heterocycles. The quantitative estimate of drug-likeness (QED) is 0.584. The predicted octanol–water partition coefficient (Wildman–Crippen LogP) is 6.27. The van der Waals surface area contributed by atoms with E-state index >= 15 is 0 Å². The maximum Gasteiger partial charge on any atom is 0.137 e. The van der Waals surface area contributed by atoms with Crippen molar-refractivity contribution in [2.75, 3.05) is 6.61 Å². The minimum absolute atomic E-state index is 0.612. The minimum Gasteiger partial charge on any atom is -0.492 e. The van der Waals surface area contributed by atoms with E-state index < -0.39 is 0 Å². The zero-order valence-corrected chi connectivity index (χ0v) is 15.0. The van der Waals surface area contributed by atoms with Crippen molar-refractivity contribution in [3.8, 4) is 22.9 Å². The van der Waals surface area contributed by atoms with E-state index in [1.54, 1.807) is 0 Å². The van der Waals surface area contributed by atoms with Crippen molar-refractivity contribution in [2.45, 2.75) is 51.4 Å². The Kier molecular flexibility index (Phi) is 6.12. The molecule has 0 spiro atoms. The van der Waals surface area contributed by atoms with Crippen LogP contribution >= 0.6 is 0 Å². The molecule has 0 aromatic heterocycles. The molecule has 1 saturated carbocycles. The Morgan fingerprint density at radius 2 is 1.76 bits per heavy atom. The third-order valence-corrected chi connectivity index (χ3v) is 5.01. The van der Waals surface area contributed by atoms with Crippen LogP contribution in [0.25, 0.3) is 11.1 Å². The molecule has 2 heteroatoms. The molecule has 0 saturated heterocycles. The van der Waals surface area contributed by atoms with Gasteiger partial charge in [-0.15, -0.1) is 0 Å². The molecule has 1 radical (unpaired) electrons. The third-order valence-electron chi connectivity index (χ3n) is 5.01. The molecule has 0 amide bonds. The van der Waals surface area contributed by atoms with Crippen molar-refractivity contribution >= 4 is 0 Å². The number of nitriles is 1. The maximum atomic E-state index is 9.43. The number of ether oxygens (including phenoxy) is 1. The second kappa shape index (κ2) is 8.72. The number of unbranched alkanes of at least 4 members (excludes halogenated alkanes) is 1. The number of hydrogen-bond acceptors (Lipinski definition) is 2. The molecule has 0 bridgehead atoms. The van der Waals surface area contributed by atoms with Crippen LogP contribution in [0, 0.1) is 17.8 Å². The molecular weight excluding hydrogens is 306 g/mol. The fourth-order valence-electron chi connectivity index (χ4n) is 3.46. The molecule has 1 aliphatic rings. The summed E-state index contributed by atoms with van der Waals surface area (Å²) in [4.78, 5) is 0. The highest BCUT2D eigenvalue weighted by Crippen LogP contribution is 2.33. The van der Waals surface area contributed by atoms with Crippen LogP contribution < -0.4 is 4.74 Å². The van der Waals surface area contributed by atoms with E-state index in [9.17, 15) is 5.26 Å². The van der Waals surface area contributed by atoms with Gasteiger partial charge >= 0.3 is 0 Å². The first-order valence-electron chi connectivity index (χ1n) is 9.40. The van der Waals surface area contributed by atoms with Crippen molar-refractivity contribution in [1.29, 1.82) is 5.26 Å². The maximum absolute atomic E-state index is 9.43.